The van der Waals surface area contributed by atoms with E-state index in [2.05, 4.69) is 31.2 Å². The van der Waals surface area contributed by atoms with Gasteiger partial charge >= 0.3 is 0 Å². The molecule has 0 saturated carbocycles. The van der Waals surface area contributed by atoms with E-state index in [0.29, 0.717) is 21.7 Å². The number of halogens is 2. The van der Waals surface area contributed by atoms with Crippen LogP contribution in [0, 0.1) is 12.7 Å². The van der Waals surface area contributed by atoms with Crippen molar-refractivity contribution in [2.24, 2.45) is 0 Å². The van der Waals surface area contributed by atoms with Crippen molar-refractivity contribution in [3.05, 3.63) is 34.3 Å². The van der Waals surface area contributed by atoms with Gasteiger partial charge in [-0.15, -0.1) is 0 Å². The molecule has 1 aromatic heterocycles. The van der Waals surface area contributed by atoms with Crippen LogP contribution in [-0.2, 0) is 0 Å². The Labute approximate surface area is 118 Å². The molecule has 0 aliphatic carbocycles. The highest BCUT2D eigenvalue weighted by Crippen LogP contribution is 2.32. The van der Waals surface area contributed by atoms with E-state index in [4.69, 9.17) is 10.5 Å². The molecular weight excluding hydrogens is 315 g/mol. The summed E-state index contributed by atoms with van der Waals surface area (Å²) in [4.78, 5) is 7.90. The maximum Gasteiger partial charge on any atom is 0.204 e. The maximum atomic E-state index is 13.4. The van der Waals surface area contributed by atoms with Crippen LogP contribution in [0.5, 0.6) is 5.75 Å². The van der Waals surface area contributed by atoms with Crippen molar-refractivity contribution < 1.29 is 9.13 Å². The second kappa shape index (κ2) is 5.40. The number of aromatic nitrogens is 2. The zero-order chi connectivity index (χ0) is 14.0. The highest BCUT2D eigenvalue weighted by molar-refractivity contribution is 9.10. The number of nitrogen functional groups attached to an aromatic ring is 1. The summed E-state index contributed by atoms with van der Waals surface area (Å²) in [6.45, 7) is 1.79. The molecule has 2 rings (SSSR count). The fourth-order valence-corrected chi connectivity index (χ4v) is 1.93. The lowest BCUT2D eigenvalue weighted by Crippen LogP contribution is -2.03. The Morgan fingerprint density at radius 3 is 2.79 bits per heavy atom. The van der Waals surface area contributed by atoms with Gasteiger partial charge in [-0.05, 0) is 40.5 Å². The average Bonchev–Trinajstić information content (AvgIpc) is 2.36. The second-order valence-electron chi connectivity index (χ2n) is 3.85. The number of hydrogen-bond acceptors (Lipinski definition) is 5. The van der Waals surface area contributed by atoms with Crippen LogP contribution >= 0.6 is 15.9 Å². The maximum absolute atomic E-state index is 13.4. The molecule has 0 saturated heterocycles. The second-order valence-corrected chi connectivity index (χ2v) is 4.70. The molecule has 2 aromatic rings. The summed E-state index contributed by atoms with van der Waals surface area (Å²) in [5.74, 6) is 0.690. The summed E-state index contributed by atoms with van der Waals surface area (Å²) in [5.41, 5.74) is 7.13. The van der Waals surface area contributed by atoms with Crippen LogP contribution in [0.3, 0.4) is 0 Å². The molecular formula is C12H12BrFN4O. The number of ether oxygens (including phenoxy) is 1. The Morgan fingerprint density at radius 2 is 2.11 bits per heavy atom. The van der Waals surface area contributed by atoms with Crippen molar-refractivity contribution in [2.75, 3.05) is 18.2 Å². The third kappa shape index (κ3) is 2.76. The van der Waals surface area contributed by atoms with E-state index >= 15 is 0 Å². The van der Waals surface area contributed by atoms with Crippen LogP contribution in [0.25, 0.3) is 0 Å². The molecule has 0 unspecified atom stereocenters. The van der Waals surface area contributed by atoms with Gasteiger partial charge in [0.2, 0.25) is 5.75 Å². The molecule has 0 fully saturated rings. The zero-order valence-corrected chi connectivity index (χ0v) is 12.0. The van der Waals surface area contributed by atoms with Crippen LogP contribution in [0.2, 0.25) is 0 Å². The van der Waals surface area contributed by atoms with Crippen molar-refractivity contribution in [3.63, 3.8) is 0 Å². The standard InChI is InChI=1S/C12H12BrFN4O/c1-6-3-8(14)7(13)4-9(6)18-12-10(19-2)11(15)16-5-17-12/h3-5H,1-2H3,(H3,15,16,17,18). The molecule has 0 atom stereocenters. The first-order valence-electron chi connectivity index (χ1n) is 5.40. The van der Waals surface area contributed by atoms with E-state index in [1.165, 1.54) is 19.5 Å². The number of methoxy groups -OCH3 is 1. The molecule has 0 radical (unpaired) electrons. The normalized spacial score (nSPS) is 10.3. The van der Waals surface area contributed by atoms with Crippen LogP contribution in [0.1, 0.15) is 5.56 Å². The molecule has 0 bridgehead atoms. The van der Waals surface area contributed by atoms with Crippen molar-refractivity contribution >= 4 is 33.3 Å². The molecule has 0 aliphatic heterocycles. The highest BCUT2D eigenvalue weighted by atomic mass is 79.9. The van der Waals surface area contributed by atoms with Gasteiger partial charge in [0.1, 0.15) is 12.1 Å². The number of benzene rings is 1. The zero-order valence-electron chi connectivity index (χ0n) is 10.4. The largest absolute Gasteiger partial charge is 0.490 e. The van der Waals surface area contributed by atoms with Crippen LogP contribution < -0.4 is 15.8 Å². The summed E-state index contributed by atoms with van der Waals surface area (Å²) in [7, 11) is 1.48. The summed E-state index contributed by atoms with van der Waals surface area (Å²) in [6.07, 6.45) is 1.33. The van der Waals surface area contributed by atoms with Gasteiger partial charge in [-0.1, -0.05) is 0 Å². The lowest BCUT2D eigenvalue weighted by atomic mass is 10.2. The minimum absolute atomic E-state index is 0.235. The van der Waals surface area contributed by atoms with Gasteiger partial charge in [-0.25, -0.2) is 14.4 Å². The Hall–Kier alpha value is -1.89. The number of rotatable bonds is 3. The van der Waals surface area contributed by atoms with E-state index in [-0.39, 0.29) is 11.6 Å². The quantitative estimate of drug-likeness (QED) is 0.907. The number of anilines is 3. The average molecular weight is 327 g/mol. The highest BCUT2D eigenvalue weighted by Gasteiger charge is 2.12. The number of aryl methyl sites for hydroxylation is 1. The van der Waals surface area contributed by atoms with E-state index in [0.717, 1.165) is 5.56 Å². The molecule has 1 heterocycles. The number of hydrogen-bond donors (Lipinski definition) is 2. The molecule has 7 heteroatoms. The number of nitrogens with zero attached hydrogens (tertiary/aromatic N) is 2. The number of nitrogens with one attached hydrogen (secondary N) is 1. The molecule has 19 heavy (non-hydrogen) atoms. The first-order valence-corrected chi connectivity index (χ1v) is 6.19. The van der Waals surface area contributed by atoms with Gasteiger partial charge in [0, 0.05) is 5.69 Å². The van der Waals surface area contributed by atoms with Crippen molar-refractivity contribution in [1.82, 2.24) is 9.97 Å². The predicted octanol–water partition coefficient (Wildman–Crippen LogP) is 3.02. The minimum Gasteiger partial charge on any atom is -0.490 e. The molecule has 0 aliphatic rings. The van der Waals surface area contributed by atoms with Crippen LogP contribution in [0.15, 0.2) is 22.9 Å². The molecule has 0 amide bonds. The third-order valence-electron chi connectivity index (χ3n) is 2.56. The van der Waals surface area contributed by atoms with E-state index in [1.54, 1.807) is 13.0 Å². The Kier molecular flexibility index (Phi) is 3.84. The van der Waals surface area contributed by atoms with Crippen molar-refractivity contribution in [2.45, 2.75) is 6.92 Å². The van der Waals surface area contributed by atoms with Crippen molar-refractivity contribution in [1.29, 1.82) is 0 Å². The minimum atomic E-state index is -0.322. The number of nitrogens with two attached hydrogens (primary N) is 1. The van der Waals surface area contributed by atoms with Gasteiger partial charge in [-0.3, -0.25) is 0 Å². The van der Waals surface area contributed by atoms with Gasteiger partial charge in [0.25, 0.3) is 0 Å². The fourth-order valence-electron chi connectivity index (χ4n) is 1.59. The third-order valence-corrected chi connectivity index (χ3v) is 3.16. The molecule has 100 valence electrons. The Balaban J connectivity index is 2.42. The van der Waals surface area contributed by atoms with Crippen molar-refractivity contribution in [3.8, 4) is 5.75 Å². The lowest BCUT2D eigenvalue weighted by Gasteiger charge is -2.13. The van der Waals surface area contributed by atoms with Gasteiger partial charge in [0.05, 0.1) is 11.6 Å². The first-order chi connectivity index (χ1) is 9.02. The summed E-state index contributed by atoms with van der Waals surface area (Å²) in [6, 6.07) is 3.05. The topological polar surface area (TPSA) is 73.1 Å². The van der Waals surface area contributed by atoms with Crippen LogP contribution in [-0.4, -0.2) is 17.1 Å². The van der Waals surface area contributed by atoms with Gasteiger partial charge in [0.15, 0.2) is 11.6 Å². The van der Waals surface area contributed by atoms with E-state index in [9.17, 15) is 4.39 Å². The first kappa shape index (κ1) is 13.5. The fraction of sp³-hybridized carbons (Fsp3) is 0.167. The molecule has 3 N–H and O–H groups in total. The lowest BCUT2D eigenvalue weighted by molar-refractivity contribution is 0.415. The van der Waals surface area contributed by atoms with Gasteiger partial charge < -0.3 is 15.8 Å². The predicted molar refractivity (Wildman–Crippen MR) is 75.1 cm³/mol. The molecule has 0 spiro atoms. The van der Waals surface area contributed by atoms with E-state index < -0.39 is 0 Å². The summed E-state index contributed by atoms with van der Waals surface area (Å²) >= 11 is 3.14. The van der Waals surface area contributed by atoms with Gasteiger partial charge in [-0.2, -0.15) is 0 Å². The summed E-state index contributed by atoms with van der Waals surface area (Å²) in [5, 5.41) is 3.05. The smallest absolute Gasteiger partial charge is 0.204 e. The summed E-state index contributed by atoms with van der Waals surface area (Å²) < 4.78 is 18.9. The Bertz CT molecular complexity index is 621. The van der Waals surface area contributed by atoms with E-state index in [1.807, 2.05) is 0 Å². The molecule has 1 aromatic carbocycles. The monoisotopic (exact) mass is 326 g/mol. The molecule has 5 nitrogen and oxygen atoms in total. The Morgan fingerprint density at radius 1 is 1.37 bits per heavy atom. The van der Waals surface area contributed by atoms with Crippen LogP contribution in [0.4, 0.5) is 21.7 Å². The SMILES string of the molecule is COc1c(N)ncnc1Nc1cc(Br)c(F)cc1C.